The number of ether oxygens (including phenoxy) is 1. The van der Waals surface area contributed by atoms with E-state index in [2.05, 4.69) is 9.97 Å². The van der Waals surface area contributed by atoms with Gasteiger partial charge in [-0.05, 0) is 24.8 Å². The van der Waals surface area contributed by atoms with Gasteiger partial charge in [-0.3, -0.25) is 14.9 Å². The van der Waals surface area contributed by atoms with Gasteiger partial charge in [-0.25, -0.2) is 14.8 Å². The number of hydrogen-bond donors (Lipinski definition) is 1. The topological polar surface area (TPSA) is 138 Å². The first-order valence-electron chi connectivity index (χ1n) is 6.67. The molecule has 0 aliphatic heterocycles. The Kier molecular flexibility index (Phi) is 5.42. The number of aldehydes is 1. The minimum Gasteiger partial charge on any atom is -0.462 e. The lowest BCUT2D eigenvalue weighted by molar-refractivity contribution is -0.384. The van der Waals surface area contributed by atoms with E-state index >= 15 is 0 Å². The second-order valence-corrected chi connectivity index (χ2v) is 5.38. The van der Waals surface area contributed by atoms with E-state index in [9.17, 15) is 19.7 Å². The molecule has 0 amide bonds. The fourth-order valence-electron chi connectivity index (χ4n) is 1.73. The number of non-ortho nitro benzene ring substituents is 1. The summed E-state index contributed by atoms with van der Waals surface area (Å²) >= 11 is 0.999. The van der Waals surface area contributed by atoms with Crippen LogP contribution in [0.3, 0.4) is 0 Å². The van der Waals surface area contributed by atoms with Crippen LogP contribution in [0, 0.1) is 10.1 Å². The molecule has 0 aliphatic rings. The van der Waals surface area contributed by atoms with Crippen LogP contribution in [0.15, 0.2) is 34.4 Å². The number of nitrogens with two attached hydrogens (primary N) is 1. The average Bonchev–Trinajstić information content (AvgIpc) is 2.55. The second kappa shape index (κ2) is 7.51. The maximum atomic E-state index is 11.6. The number of nitrogen functional groups attached to an aromatic ring is 1. The van der Waals surface area contributed by atoms with Crippen molar-refractivity contribution in [2.75, 3.05) is 12.3 Å². The van der Waals surface area contributed by atoms with Gasteiger partial charge in [-0.1, -0.05) is 0 Å². The molecule has 2 aromatic rings. The lowest BCUT2D eigenvalue weighted by atomic mass is 10.2. The van der Waals surface area contributed by atoms with E-state index in [1.165, 1.54) is 18.3 Å². The van der Waals surface area contributed by atoms with Gasteiger partial charge in [-0.15, -0.1) is 0 Å². The normalized spacial score (nSPS) is 10.2. The molecule has 0 saturated carbocycles. The largest absolute Gasteiger partial charge is 0.462 e. The number of carbonyl (C=O) groups is 2. The quantitative estimate of drug-likeness (QED) is 0.273. The van der Waals surface area contributed by atoms with Crippen molar-refractivity contribution in [3.8, 4) is 0 Å². The summed E-state index contributed by atoms with van der Waals surface area (Å²) in [5.74, 6) is -0.684. The third-order valence-corrected chi connectivity index (χ3v) is 3.79. The molecule has 2 rings (SSSR count). The molecule has 1 heterocycles. The van der Waals surface area contributed by atoms with Crippen LogP contribution < -0.4 is 5.73 Å². The highest BCUT2D eigenvalue weighted by molar-refractivity contribution is 7.99. The van der Waals surface area contributed by atoms with Gasteiger partial charge in [0.15, 0.2) is 11.4 Å². The van der Waals surface area contributed by atoms with Gasteiger partial charge in [0.1, 0.15) is 11.4 Å². The van der Waals surface area contributed by atoms with Crippen LogP contribution >= 0.6 is 11.8 Å². The van der Waals surface area contributed by atoms with E-state index in [4.69, 9.17) is 10.5 Å². The summed E-state index contributed by atoms with van der Waals surface area (Å²) in [6, 6.07) is 3.85. The van der Waals surface area contributed by atoms with Crippen molar-refractivity contribution < 1.29 is 19.2 Å². The van der Waals surface area contributed by atoms with Crippen molar-refractivity contribution in [2.24, 2.45) is 0 Å². The highest BCUT2D eigenvalue weighted by Crippen LogP contribution is 2.30. The first-order valence-corrected chi connectivity index (χ1v) is 7.49. The highest BCUT2D eigenvalue weighted by Gasteiger charge is 2.16. The van der Waals surface area contributed by atoms with Gasteiger partial charge in [0.25, 0.3) is 5.69 Å². The molecule has 10 heteroatoms. The lowest BCUT2D eigenvalue weighted by Crippen LogP contribution is -2.10. The highest BCUT2D eigenvalue weighted by atomic mass is 32.2. The van der Waals surface area contributed by atoms with Crippen molar-refractivity contribution in [3.63, 3.8) is 0 Å². The van der Waals surface area contributed by atoms with E-state index in [-0.39, 0.29) is 34.4 Å². The standard InChI is InChI=1S/C14H12N4O5S/c1-2-23-13(20)10-6-16-14(17-12(10)15)24-11-4-3-9(18(21)22)5-8(11)7-19/h3-7H,2H2,1H3,(H2,15,16,17). The number of nitrogens with zero attached hydrogens (tertiary/aromatic N) is 3. The molecule has 0 atom stereocenters. The summed E-state index contributed by atoms with van der Waals surface area (Å²) in [5, 5.41) is 10.9. The summed E-state index contributed by atoms with van der Waals surface area (Å²) in [4.78, 5) is 41.3. The molecule has 0 unspecified atom stereocenters. The van der Waals surface area contributed by atoms with Crippen LogP contribution in [0.2, 0.25) is 0 Å². The molecule has 9 nitrogen and oxygen atoms in total. The molecular weight excluding hydrogens is 336 g/mol. The second-order valence-electron chi connectivity index (χ2n) is 4.37. The molecule has 0 saturated heterocycles. The molecule has 1 aromatic heterocycles. The SMILES string of the molecule is CCOC(=O)c1cnc(Sc2ccc([N+](=O)[O-])cc2C=O)nc1N. The Morgan fingerprint density at radius 1 is 1.50 bits per heavy atom. The fourth-order valence-corrected chi connectivity index (χ4v) is 2.53. The number of rotatable bonds is 6. The molecule has 2 N–H and O–H groups in total. The number of benzene rings is 1. The Hall–Kier alpha value is -3.01. The Labute approximate surface area is 140 Å². The predicted molar refractivity (Wildman–Crippen MR) is 85.0 cm³/mol. The molecule has 24 heavy (non-hydrogen) atoms. The number of hydrogen-bond acceptors (Lipinski definition) is 9. The maximum Gasteiger partial charge on any atom is 0.343 e. The van der Waals surface area contributed by atoms with Gasteiger partial charge in [0.2, 0.25) is 0 Å². The van der Waals surface area contributed by atoms with Crippen LogP contribution in [0.25, 0.3) is 0 Å². The molecule has 0 spiro atoms. The summed E-state index contributed by atoms with van der Waals surface area (Å²) < 4.78 is 4.82. The number of aromatic nitrogens is 2. The van der Waals surface area contributed by atoms with Gasteiger partial charge < -0.3 is 10.5 Å². The molecule has 124 valence electrons. The minimum atomic E-state index is -0.629. The summed E-state index contributed by atoms with van der Waals surface area (Å²) in [6.07, 6.45) is 1.74. The minimum absolute atomic E-state index is 0.0421. The monoisotopic (exact) mass is 348 g/mol. The number of anilines is 1. The molecule has 0 aliphatic carbocycles. The lowest BCUT2D eigenvalue weighted by Gasteiger charge is -2.07. The average molecular weight is 348 g/mol. The van der Waals surface area contributed by atoms with Crippen molar-refractivity contribution in [1.82, 2.24) is 9.97 Å². The summed E-state index contributed by atoms with van der Waals surface area (Å²) in [5.41, 5.74) is 5.69. The number of nitro groups is 1. The van der Waals surface area contributed by atoms with Gasteiger partial charge in [0.05, 0.1) is 11.5 Å². The van der Waals surface area contributed by atoms with Crippen molar-refractivity contribution >= 4 is 35.5 Å². The summed E-state index contributed by atoms with van der Waals surface area (Å²) in [7, 11) is 0. The van der Waals surface area contributed by atoms with Crippen LogP contribution in [-0.2, 0) is 4.74 Å². The third-order valence-electron chi connectivity index (χ3n) is 2.82. The zero-order chi connectivity index (χ0) is 17.7. The van der Waals surface area contributed by atoms with E-state index in [1.54, 1.807) is 6.92 Å². The Morgan fingerprint density at radius 2 is 2.25 bits per heavy atom. The van der Waals surface area contributed by atoms with Gasteiger partial charge in [0, 0.05) is 28.8 Å². The van der Waals surface area contributed by atoms with E-state index < -0.39 is 10.9 Å². The Bertz CT molecular complexity index is 812. The number of nitro benzene ring substituents is 1. The molecule has 0 radical (unpaired) electrons. The first-order chi connectivity index (χ1) is 11.5. The van der Waals surface area contributed by atoms with Crippen molar-refractivity contribution in [2.45, 2.75) is 17.0 Å². The van der Waals surface area contributed by atoms with E-state index in [0.29, 0.717) is 11.2 Å². The molecule has 0 bridgehead atoms. The summed E-state index contributed by atoms with van der Waals surface area (Å²) in [6.45, 7) is 1.86. The Balaban J connectivity index is 2.28. The number of esters is 1. The third kappa shape index (κ3) is 3.84. The first kappa shape index (κ1) is 17.3. The number of carbonyl (C=O) groups excluding carboxylic acids is 2. The van der Waals surface area contributed by atoms with E-state index in [1.807, 2.05) is 0 Å². The van der Waals surface area contributed by atoms with Crippen LogP contribution in [0.4, 0.5) is 11.5 Å². The van der Waals surface area contributed by atoms with Gasteiger partial charge in [-0.2, -0.15) is 0 Å². The maximum absolute atomic E-state index is 11.6. The molecular formula is C14H12N4O5S. The van der Waals surface area contributed by atoms with Crippen LogP contribution in [0.1, 0.15) is 27.6 Å². The van der Waals surface area contributed by atoms with Crippen LogP contribution in [0.5, 0.6) is 0 Å². The van der Waals surface area contributed by atoms with Crippen molar-refractivity contribution in [3.05, 3.63) is 45.6 Å². The zero-order valence-corrected chi connectivity index (χ0v) is 13.3. The Morgan fingerprint density at radius 3 is 2.83 bits per heavy atom. The fraction of sp³-hybridized carbons (Fsp3) is 0.143. The van der Waals surface area contributed by atoms with Crippen molar-refractivity contribution in [1.29, 1.82) is 0 Å². The zero-order valence-electron chi connectivity index (χ0n) is 12.5. The molecule has 0 fully saturated rings. The van der Waals surface area contributed by atoms with E-state index in [0.717, 1.165) is 17.8 Å². The smallest absolute Gasteiger partial charge is 0.343 e. The van der Waals surface area contributed by atoms with Crippen LogP contribution in [-0.4, -0.2) is 33.8 Å². The van der Waals surface area contributed by atoms with Gasteiger partial charge >= 0.3 is 5.97 Å². The molecule has 1 aromatic carbocycles. The predicted octanol–water partition coefficient (Wildman–Crippen LogP) is 2.11.